The maximum atomic E-state index is 12.3. The lowest BCUT2D eigenvalue weighted by Crippen LogP contribution is -1.96. The van der Waals surface area contributed by atoms with E-state index in [4.69, 9.17) is 0 Å². The molecule has 0 aliphatic rings. The Hall–Kier alpha value is -1.45. The van der Waals surface area contributed by atoms with E-state index in [0.29, 0.717) is 0 Å². The van der Waals surface area contributed by atoms with E-state index in [1.807, 2.05) is 0 Å². The molecule has 0 aromatic heterocycles. The Kier molecular flexibility index (Phi) is 3.04. The molecule has 0 bridgehead atoms. The van der Waals surface area contributed by atoms with Gasteiger partial charge in [0.1, 0.15) is 0 Å². The lowest BCUT2D eigenvalue weighted by Gasteiger charge is -1.88. The van der Waals surface area contributed by atoms with Gasteiger partial charge in [-0.3, -0.25) is 10.1 Å². The molecule has 0 heterocycles. The summed E-state index contributed by atoms with van der Waals surface area (Å²) in [5, 5.41) is 9.92. The molecule has 4 heteroatoms. The van der Waals surface area contributed by atoms with E-state index in [1.165, 1.54) is 0 Å². The molecule has 0 aromatic rings. The molecule has 0 aromatic carbocycles. The second-order valence-electron chi connectivity index (χ2n) is 1.40. The highest BCUT2D eigenvalue weighted by atomic mass is 19.1. The van der Waals surface area contributed by atoms with Crippen molar-refractivity contribution in [3.8, 4) is 0 Å². The third-order valence-electron chi connectivity index (χ3n) is 0.814. The average Bonchev–Trinajstić information content (AvgIpc) is 1.88. The van der Waals surface area contributed by atoms with Gasteiger partial charge in [-0.2, -0.15) is 4.39 Å². The Morgan fingerprint density at radius 3 is 2.10 bits per heavy atom. The van der Waals surface area contributed by atoms with Crippen molar-refractivity contribution in [2.24, 2.45) is 0 Å². The molecule has 0 rings (SSSR count). The van der Waals surface area contributed by atoms with Crippen LogP contribution in [-0.4, -0.2) is 4.92 Å². The zero-order valence-electron chi connectivity index (χ0n) is 5.21. The van der Waals surface area contributed by atoms with Gasteiger partial charge in [0.15, 0.2) is 5.83 Å². The van der Waals surface area contributed by atoms with Crippen LogP contribution in [0.1, 0.15) is 0 Å². The minimum atomic E-state index is -0.972. The maximum absolute atomic E-state index is 12.3. The van der Waals surface area contributed by atoms with Gasteiger partial charge in [0.2, 0.25) is 0 Å². The fourth-order valence-electron chi connectivity index (χ4n) is 0.364. The number of allylic oxidation sites excluding steroid dienone is 3. The quantitative estimate of drug-likeness (QED) is 0.343. The number of hydrogen-bond donors (Lipinski definition) is 0. The van der Waals surface area contributed by atoms with Crippen molar-refractivity contribution < 1.29 is 9.31 Å². The number of hydrogen-bond acceptors (Lipinski definition) is 2. The topological polar surface area (TPSA) is 43.1 Å². The van der Waals surface area contributed by atoms with Crippen LogP contribution >= 0.6 is 0 Å². The van der Waals surface area contributed by atoms with Crippen LogP contribution in [0.25, 0.3) is 0 Å². The van der Waals surface area contributed by atoms with E-state index < -0.39 is 16.4 Å². The summed E-state index contributed by atoms with van der Waals surface area (Å²) in [5.41, 5.74) is -0.657. The molecule has 0 N–H and O–H groups in total. The molecule has 0 aliphatic carbocycles. The predicted octanol–water partition coefficient (Wildman–Crippen LogP) is 1.82. The van der Waals surface area contributed by atoms with Gasteiger partial charge in [0, 0.05) is 6.08 Å². The first-order valence-corrected chi connectivity index (χ1v) is 2.42. The number of nitrogens with zero attached hydrogens (tertiary/aromatic N) is 1. The van der Waals surface area contributed by atoms with Crippen LogP contribution in [0.5, 0.6) is 0 Å². The second-order valence-corrected chi connectivity index (χ2v) is 1.40. The minimum absolute atomic E-state index is 0.657. The van der Waals surface area contributed by atoms with E-state index in [1.54, 1.807) is 0 Å². The van der Waals surface area contributed by atoms with Crippen LogP contribution in [0.15, 0.2) is 36.8 Å². The van der Waals surface area contributed by atoms with Gasteiger partial charge in [-0.25, -0.2) is 0 Å². The molecular weight excluding hydrogens is 137 g/mol. The molecule has 0 saturated heterocycles. The van der Waals surface area contributed by atoms with Crippen LogP contribution in [0.2, 0.25) is 0 Å². The largest absolute Gasteiger partial charge is 0.304 e. The monoisotopic (exact) mass is 143 g/mol. The first-order valence-electron chi connectivity index (χ1n) is 2.42. The molecule has 54 valence electrons. The summed E-state index contributed by atoms with van der Waals surface area (Å²) in [6.45, 7) is 6.09. The van der Waals surface area contributed by atoms with Gasteiger partial charge in [-0.05, 0) is 6.08 Å². The van der Waals surface area contributed by atoms with Crippen LogP contribution in [0.4, 0.5) is 4.39 Å². The van der Waals surface area contributed by atoms with Gasteiger partial charge in [-0.15, -0.1) is 0 Å². The summed E-state index contributed by atoms with van der Waals surface area (Å²) in [5.74, 6) is -0.972. The molecule has 0 spiro atoms. The Balaban J connectivity index is 4.79. The van der Waals surface area contributed by atoms with Crippen LogP contribution in [-0.2, 0) is 0 Å². The highest BCUT2D eigenvalue weighted by Crippen LogP contribution is 2.07. The lowest BCUT2D eigenvalue weighted by atomic mass is 10.4. The lowest BCUT2D eigenvalue weighted by molar-refractivity contribution is -0.420. The van der Waals surface area contributed by atoms with Crippen molar-refractivity contribution in [2.75, 3.05) is 0 Å². The summed E-state index contributed by atoms with van der Waals surface area (Å²) < 4.78 is 12.3. The van der Waals surface area contributed by atoms with Gasteiger partial charge in [-0.1, -0.05) is 13.2 Å². The normalized spacial score (nSPS) is 11.7. The smallest absolute Gasteiger partial charge is 0.258 e. The molecule has 0 fully saturated rings. The van der Waals surface area contributed by atoms with Crippen molar-refractivity contribution in [1.29, 1.82) is 0 Å². The molecule has 0 atom stereocenters. The van der Waals surface area contributed by atoms with E-state index >= 15 is 0 Å². The van der Waals surface area contributed by atoms with Gasteiger partial charge >= 0.3 is 5.70 Å². The fraction of sp³-hybridized carbons (Fsp3) is 0. The van der Waals surface area contributed by atoms with Crippen molar-refractivity contribution in [2.45, 2.75) is 0 Å². The number of halogens is 1. The average molecular weight is 143 g/mol. The standard InChI is InChI=1S/C6H6FNO2/c1-3-5(7)6(4-2)8(9)10/h3-4H,1-2H2/b6-5-. The van der Waals surface area contributed by atoms with E-state index in [2.05, 4.69) is 13.2 Å². The van der Waals surface area contributed by atoms with E-state index in [9.17, 15) is 14.5 Å². The number of nitro groups is 1. The third-order valence-corrected chi connectivity index (χ3v) is 0.814. The summed E-state index contributed by atoms with van der Waals surface area (Å²) in [6.07, 6.45) is 1.59. The van der Waals surface area contributed by atoms with E-state index in [0.717, 1.165) is 12.2 Å². The van der Waals surface area contributed by atoms with Crippen LogP contribution in [0.3, 0.4) is 0 Å². The summed E-state index contributed by atoms with van der Waals surface area (Å²) in [4.78, 5) is 9.06. The molecule has 0 amide bonds. The molecule has 0 radical (unpaired) electrons. The van der Waals surface area contributed by atoms with Crippen molar-refractivity contribution in [3.05, 3.63) is 46.9 Å². The highest BCUT2D eigenvalue weighted by molar-refractivity contribution is 5.19. The van der Waals surface area contributed by atoms with Gasteiger partial charge in [0.05, 0.1) is 4.92 Å². The Labute approximate surface area is 57.3 Å². The summed E-state index contributed by atoms with van der Waals surface area (Å²) in [6, 6.07) is 0. The molecular formula is C6H6FNO2. The zero-order chi connectivity index (χ0) is 8.15. The third kappa shape index (κ3) is 1.81. The molecule has 3 nitrogen and oxygen atoms in total. The van der Waals surface area contributed by atoms with Gasteiger partial charge in [0.25, 0.3) is 0 Å². The summed E-state index contributed by atoms with van der Waals surface area (Å²) >= 11 is 0. The SMILES string of the molecule is C=C/C(F)=C(\C=C)[N+](=O)[O-]. The van der Waals surface area contributed by atoms with Gasteiger partial charge < -0.3 is 0 Å². The summed E-state index contributed by atoms with van der Waals surface area (Å²) in [7, 11) is 0. The number of rotatable bonds is 3. The van der Waals surface area contributed by atoms with Crippen molar-refractivity contribution in [3.63, 3.8) is 0 Å². The van der Waals surface area contributed by atoms with Crippen LogP contribution in [0, 0.1) is 10.1 Å². The molecule has 0 saturated carbocycles. The molecule has 0 unspecified atom stereocenters. The van der Waals surface area contributed by atoms with Crippen molar-refractivity contribution in [1.82, 2.24) is 0 Å². The van der Waals surface area contributed by atoms with E-state index in [-0.39, 0.29) is 0 Å². The molecule has 10 heavy (non-hydrogen) atoms. The Morgan fingerprint density at radius 2 is 2.00 bits per heavy atom. The second kappa shape index (κ2) is 3.55. The first kappa shape index (κ1) is 8.55. The predicted molar refractivity (Wildman–Crippen MR) is 35.5 cm³/mol. The molecule has 0 aliphatic heterocycles. The minimum Gasteiger partial charge on any atom is -0.258 e. The highest BCUT2D eigenvalue weighted by Gasteiger charge is 2.10. The Morgan fingerprint density at radius 1 is 1.50 bits per heavy atom. The first-order chi connectivity index (χ1) is 4.63. The fourth-order valence-corrected chi connectivity index (χ4v) is 0.364. The zero-order valence-corrected chi connectivity index (χ0v) is 5.21. The van der Waals surface area contributed by atoms with Crippen LogP contribution < -0.4 is 0 Å². The maximum Gasteiger partial charge on any atom is 0.304 e. The Bertz CT molecular complexity index is 208. The van der Waals surface area contributed by atoms with Crippen molar-refractivity contribution >= 4 is 0 Å².